The fourth-order valence-electron chi connectivity index (χ4n) is 2.92. The van der Waals surface area contributed by atoms with Gasteiger partial charge in [0.15, 0.2) is 0 Å². The van der Waals surface area contributed by atoms with Gasteiger partial charge in [-0.3, -0.25) is 24.8 Å². The van der Waals surface area contributed by atoms with Crippen molar-refractivity contribution in [2.24, 2.45) is 5.10 Å². The molecule has 9 heteroatoms. The Labute approximate surface area is 165 Å². The summed E-state index contributed by atoms with van der Waals surface area (Å²) in [6.07, 6.45) is 1.25. The molecular weight excluding hydrogens is 374 g/mol. The Morgan fingerprint density at radius 1 is 1.21 bits per heavy atom. The largest absolute Gasteiger partial charge is 0.295 e. The zero-order chi connectivity index (χ0) is 21.1. The van der Waals surface area contributed by atoms with Crippen molar-refractivity contribution in [3.05, 3.63) is 90.9 Å². The van der Waals surface area contributed by atoms with Crippen LogP contribution in [0.15, 0.2) is 52.4 Å². The van der Waals surface area contributed by atoms with Crippen LogP contribution >= 0.6 is 0 Å². The molecule has 0 bridgehead atoms. The Hall–Kier alpha value is -4.01. The highest BCUT2D eigenvalue weighted by molar-refractivity contribution is 5.95. The minimum Gasteiger partial charge on any atom is -0.295 e. The number of nitrogens with one attached hydrogen (secondary N) is 2. The summed E-state index contributed by atoms with van der Waals surface area (Å²) in [6, 6.07) is 11.0. The van der Waals surface area contributed by atoms with Crippen molar-refractivity contribution >= 4 is 17.8 Å². The van der Waals surface area contributed by atoms with Gasteiger partial charge >= 0.3 is 0 Å². The highest BCUT2D eigenvalue weighted by Crippen LogP contribution is 2.15. The summed E-state index contributed by atoms with van der Waals surface area (Å²) < 4.78 is 1.42. The van der Waals surface area contributed by atoms with Crippen molar-refractivity contribution in [3.63, 3.8) is 0 Å². The molecule has 148 valence electrons. The second kappa shape index (κ2) is 7.93. The normalized spacial score (nSPS) is 11.0. The van der Waals surface area contributed by atoms with Crippen LogP contribution in [0, 0.1) is 30.9 Å². The first-order valence-electron chi connectivity index (χ1n) is 8.75. The zero-order valence-electron chi connectivity index (χ0n) is 16.1. The number of amides is 1. The molecule has 3 aromatic rings. The Morgan fingerprint density at radius 3 is 2.66 bits per heavy atom. The number of H-pyrrole nitrogens is 1. The number of aryl methyl sites for hydroxylation is 3. The number of hydrogen-bond acceptors (Lipinski definition) is 5. The first kappa shape index (κ1) is 19.7. The maximum atomic E-state index is 12.7. The number of aromatic amines is 1. The van der Waals surface area contributed by atoms with Crippen LogP contribution in [0.2, 0.25) is 0 Å². The summed E-state index contributed by atoms with van der Waals surface area (Å²) in [5.74, 6) is -0.618. The third-order valence-corrected chi connectivity index (χ3v) is 4.39. The summed E-state index contributed by atoms with van der Waals surface area (Å²) in [6.45, 7) is 5.62. The summed E-state index contributed by atoms with van der Waals surface area (Å²) >= 11 is 0. The second-order valence-electron chi connectivity index (χ2n) is 6.59. The molecule has 2 N–H and O–H groups in total. The number of non-ortho nitro benzene ring substituents is 1. The van der Waals surface area contributed by atoms with E-state index in [1.54, 1.807) is 6.92 Å². The van der Waals surface area contributed by atoms with Gasteiger partial charge in [-0.15, -0.1) is 0 Å². The van der Waals surface area contributed by atoms with Crippen molar-refractivity contribution in [2.45, 2.75) is 20.8 Å². The van der Waals surface area contributed by atoms with Gasteiger partial charge in [-0.1, -0.05) is 23.8 Å². The Morgan fingerprint density at radius 2 is 1.97 bits per heavy atom. The van der Waals surface area contributed by atoms with Crippen molar-refractivity contribution in [1.29, 1.82) is 0 Å². The van der Waals surface area contributed by atoms with Gasteiger partial charge in [-0.2, -0.15) is 5.10 Å². The minimum absolute atomic E-state index is 0.0924. The zero-order valence-corrected chi connectivity index (χ0v) is 16.1. The lowest BCUT2D eigenvalue weighted by atomic mass is 10.1. The van der Waals surface area contributed by atoms with Gasteiger partial charge in [-0.25, -0.2) is 10.1 Å². The molecule has 0 aliphatic rings. The second-order valence-corrected chi connectivity index (χ2v) is 6.59. The van der Waals surface area contributed by atoms with Crippen molar-refractivity contribution < 1.29 is 9.72 Å². The molecule has 0 saturated carbocycles. The molecule has 0 unspecified atom stereocenters. The van der Waals surface area contributed by atoms with Crippen LogP contribution in [0.3, 0.4) is 0 Å². The van der Waals surface area contributed by atoms with E-state index in [1.165, 1.54) is 29.1 Å². The van der Waals surface area contributed by atoms with Gasteiger partial charge < -0.3 is 0 Å². The molecule has 0 spiro atoms. The maximum Gasteiger partial charge on any atom is 0.280 e. The van der Waals surface area contributed by atoms with E-state index in [1.807, 2.05) is 32.0 Å². The van der Waals surface area contributed by atoms with Crippen LogP contribution < -0.4 is 11.0 Å². The minimum atomic E-state index is -0.618. The van der Waals surface area contributed by atoms with Crippen LogP contribution in [0.25, 0.3) is 5.69 Å². The highest BCUT2D eigenvalue weighted by atomic mass is 16.6. The van der Waals surface area contributed by atoms with E-state index in [2.05, 4.69) is 15.6 Å². The first-order valence-corrected chi connectivity index (χ1v) is 8.75. The topological polar surface area (TPSA) is 122 Å². The SMILES string of the molecule is Cc1ccc(-n2[nH]c(C)c(/C=N/NC(=O)c3cccc([N+](=O)[O-])c3)c2=O)c(C)c1. The summed E-state index contributed by atoms with van der Waals surface area (Å²) in [4.78, 5) is 35.1. The molecule has 1 aromatic heterocycles. The Balaban J connectivity index is 1.82. The lowest BCUT2D eigenvalue weighted by Crippen LogP contribution is -2.20. The van der Waals surface area contributed by atoms with E-state index in [0.717, 1.165) is 22.9 Å². The van der Waals surface area contributed by atoms with Gasteiger partial charge in [0.25, 0.3) is 17.2 Å². The number of carbonyl (C=O) groups excluding carboxylic acids is 1. The molecule has 9 nitrogen and oxygen atoms in total. The molecule has 0 aliphatic heterocycles. The van der Waals surface area contributed by atoms with Crippen molar-refractivity contribution in [3.8, 4) is 5.69 Å². The van der Waals surface area contributed by atoms with Crippen LogP contribution in [-0.4, -0.2) is 26.8 Å². The average Bonchev–Trinajstić information content (AvgIpc) is 2.96. The molecule has 0 atom stereocenters. The van der Waals surface area contributed by atoms with Gasteiger partial charge in [0.2, 0.25) is 0 Å². The third-order valence-electron chi connectivity index (χ3n) is 4.39. The summed E-state index contributed by atoms with van der Waals surface area (Å²) in [5, 5.41) is 17.6. The van der Waals surface area contributed by atoms with Gasteiger partial charge in [0.05, 0.1) is 22.4 Å². The van der Waals surface area contributed by atoms with Crippen molar-refractivity contribution in [2.75, 3.05) is 0 Å². The number of hydrogen-bond donors (Lipinski definition) is 2. The molecular formula is C20H19N5O4. The van der Waals surface area contributed by atoms with Crippen LogP contribution in [-0.2, 0) is 0 Å². The standard InChI is InChI=1S/C20H19N5O4/c1-12-7-8-18(13(2)9-12)24-20(27)17(14(3)23-24)11-21-22-19(26)15-5-4-6-16(10-15)25(28)29/h4-11,23H,1-3H3,(H,22,26)/b21-11+. The number of hydrazone groups is 1. The summed E-state index contributed by atoms with van der Waals surface area (Å²) in [7, 11) is 0. The fourth-order valence-corrected chi connectivity index (χ4v) is 2.92. The molecule has 0 aliphatic carbocycles. The summed E-state index contributed by atoms with van der Waals surface area (Å²) in [5.41, 5.74) is 5.52. The van der Waals surface area contributed by atoms with E-state index in [0.29, 0.717) is 11.3 Å². The smallest absolute Gasteiger partial charge is 0.280 e. The Kier molecular flexibility index (Phi) is 5.40. The monoisotopic (exact) mass is 393 g/mol. The molecule has 29 heavy (non-hydrogen) atoms. The van der Waals surface area contributed by atoms with Gasteiger partial charge in [0, 0.05) is 23.4 Å². The van der Waals surface area contributed by atoms with E-state index >= 15 is 0 Å². The van der Waals surface area contributed by atoms with Crippen LogP contribution in [0.4, 0.5) is 5.69 Å². The van der Waals surface area contributed by atoms with E-state index in [9.17, 15) is 19.7 Å². The maximum absolute atomic E-state index is 12.7. The number of aromatic nitrogens is 2. The number of rotatable bonds is 5. The van der Waals surface area contributed by atoms with E-state index in [4.69, 9.17) is 0 Å². The van der Waals surface area contributed by atoms with E-state index < -0.39 is 10.8 Å². The third kappa shape index (κ3) is 4.13. The van der Waals surface area contributed by atoms with Gasteiger partial charge in [0.1, 0.15) is 0 Å². The molecule has 1 heterocycles. The fraction of sp³-hybridized carbons (Fsp3) is 0.150. The molecule has 0 saturated heterocycles. The van der Waals surface area contributed by atoms with Gasteiger partial charge in [-0.05, 0) is 38.5 Å². The molecule has 1 amide bonds. The highest BCUT2D eigenvalue weighted by Gasteiger charge is 2.13. The molecule has 2 aromatic carbocycles. The number of carbonyl (C=O) groups is 1. The Bertz CT molecular complexity index is 1190. The lowest BCUT2D eigenvalue weighted by molar-refractivity contribution is -0.384. The number of nitrogens with zero attached hydrogens (tertiary/aromatic N) is 3. The predicted molar refractivity (Wildman–Crippen MR) is 109 cm³/mol. The van der Waals surface area contributed by atoms with E-state index in [-0.39, 0.29) is 16.8 Å². The number of benzene rings is 2. The first-order chi connectivity index (χ1) is 13.8. The molecule has 0 radical (unpaired) electrons. The van der Waals surface area contributed by atoms with Crippen LogP contribution in [0.1, 0.15) is 32.7 Å². The predicted octanol–water partition coefficient (Wildman–Crippen LogP) is 2.76. The van der Waals surface area contributed by atoms with Crippen LogP contribution in [0.5, 0.6) is 0 Å². The quantitative estimate of drug-likeness (QED) is 0.393. The average molecular weight is 393 g/mol. The molecule has 3 rings (SSSR count). The lowest BCUT2D eigenvalue weighted by Gasteiger charge is -2.06. The molecule has 0 fully saturated rings. The number of nitro groups is 1. The number of nitro benzene ring substituents is 1. The van der Waals surface area contributed by atoms with Crippen molar-refractivity contribution in [1.82, 2.24) is 15.2 Å².